The summed E-state index contributed by atoms with van der Waals surface area (Å²) in [4.78, 5) is 33.7. The van der Waals surface area contributed by atoms with Crippen LogP contribution in [0.3, 0.4) is 0 Å². The summed E-state index contributed by atoms with van der Waals surface area (Å²) < 4.78 is 0. The molecule has 1 aliphatic heterocycles. The van der Waals surface area contributed by atoms with Crippen LogP contribution in [0.5, 0.6) is 0 Å². The lowest BCUT2D eigenvalue weighted by Gasteiger charge is -2.34. The monoisotopic (exact) mass is 448 g/mol. The van der Waals surface area contributed by atoms with Gasteiger partial charge in [0.25, 0.3) is 0 Å². The maximum atomic E-state index is 12.6. The number of carbonyl (C=O) groups excluding carboxylic acids is 2. The quantitative estimate of drug-likeness (QED) is 0.624. The van der Waals surface area contributed by atoms with Crippen LogP contribution in [0.1, 0.15) is 16.1 Å². The van der Waals surface area contributed by atoms with Gasteiger partial charge in [0.2, 0.25) is 11.8 Å². The van der Waals surface area contributed by atoms with Crippen molar-refractivity contribution < 1.29 is 9.59 Å². The number of carbonyl (C=O) groups is 2. The van der Waals surface area contributed by atoms with E-state index in [0.717, 1.165) is 27.5 Å². The third kappa shape index (κ3) is 5.81. The van der Waals surface area contributed by atoms with Gasteiger partial charge in [-0.2, -0.15) is 0 Å². The minimum Gasteiger partial charge on any atom is -0.340 e. The van der Waals surface area contributed by atoms with E-state index < -0.39 is 0 Å². The Bertz CT molecular complexity index is 1090. The number of aromatic nitrogens is 1. The largest absolute Gasteiger partial charge is 0.340 e. The number of benzene rings is 2. The van der Waals surface area contributed by atoms with E-state index in [1.165, 1.54) is 5.56 Å². The van der Waals surface area contributed by atoms with E-state index in [-0.39, 0.29) is 11.8 Å². The molecule has 1 N–H and O–H groups in total. The average molecular weight is 449 g/mol. The molecule has 0 saturated carbocycles. The molecule has 0 unspecified atom stereocenters. The molecule has 1 aliphatic rings. The van der Waals surface area contributed by atoms with Gasteiger partial charge in [-0.1, -0.05) is 42.0 Å². The number of hydrogen-bond donors (Lipinski definition) is 1. The third-order valence-electron chi connectivity index (χ3n) is 5.63. The predicted octanol–water partition coefficient (Wildman–Crippen LogP) is 3.75. The van der Waals surface area contributed by atoms with E-state index in [4.69, 9.17) is 0 Å². The summed E-state index contributed by atoms with van der Waals surface area (Å²) in [5.74, 6) is 0.100. The van der Waals surface area contributed by atoms with Gasteiger partial charge in [-0.05, 0) is 31.5 Å². The number of amides is 2. The highest BCUT2D eigenvalue weighted by molar-refractivity contribution is 7.09. The van der Waals surface area contributed by atoms with Crippen molar-refractivity contribution in [3.8, 4) is 11.3 Å². The van der Waals surface area contributed by atoms with Crippen molar-refractivity contribution in [3.05, 3.63) is 70.0 Å². The number of nitrogens with one attached hydrogen (secondary N) is 1. The minimum absolute atomic E-state index is 0.0453. The molecule has 0 aliphatic carbocycles. The van der Waals surface area contributed by atoms with Crippen LogP contribution in [0.15, 0.2) is 53.9 Å². The molecule has 3 aromatic rings. The number of rotatable bonds is 6. The Morgan fingerprint density at radius 3 is 2.47 bits per heavy atom. The molecular formula is C25H28N4O2S. The Hall–Kier alpha value is -3.03. The first-order chi connectivity index (χ1) is 15.5. The molecule has 32 heavy (non-hydrogen) atoms. The van der Waals surface area contributed by atoms with Crippen LogP contribution in [0.25, 0.3) is 11.3 Å². The first-order valence-electron chi connectivity index (χ1n) is 10.8. The van der Waals surface area contributed by atoms with Crippen LogP contribution in [0, 0.1) is 13.8 Å². The van der Waals surface area contributed by atoms with E-state index in [0.29, 0.717) is 39.1 Å². The van der Waals surface area contributed by atoms with Crippen LogP contribution in [-0.4, -0.2) is 59.3 Å². The van der Waals surface area contributed by atoms with Crippen LogP contribution >= 0.6 is 11.3 Å². The SMILES string of the molecule is Cc1ccc(CC(=O)N2CCN(CC(=O)Nc3cccc(-c4csc(C)n4)c3)CC2)cc1. The normalized spacial score (nSPS) is 14.4. The van der Waals surface area contributed by atoms with Crippen LogP contribution in [0.4, 0.5) is 5.69 Å². The zero-order chi connectivity index (χ0) is 22.5. The van der Waals surface area contributed by atoms with E-state index in [1.54, 1.807) is 11.3 Å². The van der Waals surface area contributed by atoms with Gasteiger partial charge in [0.1, 0.15) is 0 Å². The van der Waals surface area contributed by atoms with E-state index in [1.807, 2.05) is 72.7 Å². The molecule has 4 rings (SSSR count). The Morgan fingerprint density at radius 1 is 1.03 bits per heavy atom. The Labute approximate surface area is 192 Å². The fourth-order valence-corrected chi connectivity index (χ4v) is 4.43. The number of hydrogen-bond acceptors (Lipinski definition) is 5. The van der Waals surface area contributed by atoms with Crippen molar-refractivity contribution in [3.63, 3.8) is 0 Å². The van der Waals surface area contributed by atoms with Gasteiger partial charge in [-0.15, -0.1) is 11.3 Å². The summed E-state index contributed by atoms with van der Waals surface area (Å²) in [6.07, 6.45) is 0.426. The lowest BCUT2D eigenvalue weighted by molar-refractivity contribution is -0.132. The van der Waals surface area contributed by atoms with E-state index in [2.05, 4.69) is 15.2 Å². The third-order valence-corrected chi connectivity index (χ3v) is 6.40. The molecule has 0 spiro atoms. The van der Waals surface area contributed by atoms with Crippen molar-refractivity contribution in [2.24, 2.45) is 0 Å². The number of anilines is 1. The summed E-state index contributed by atoms with van der Waals surface area (Å²) in [5, 5.41) is 6.03. The number of nitrogens with zero attached hydrogens (tertiary/aromatic N) is 3. The standard InChI is InChI=1S/C25H28N4O2S/c1-18-6-8-20(9-7-18)14-25(31)29-12-10-28(11-13-29)16-24(30)27-22-5-3-4-21(15-22)23-17-32-19(2)26-23/h3-9,15,17H,10-14,16H2,1-2H3,(H,27,30). The van der Waals surface area contributed by atoms with Crippen molar-refractivity contribution >= 4 is 28.8 Å². The lowest BCUT2D eigenvalue weighted by atomic mass is 10.1. The van der Waals surface area contributed by atoms with Crippen molar-refractivity contribution in [1.82, 2.24) is 14.8 Å². The molecule has 1 aromatic heterocycles. The molecule has 0 bridgehead atoms. The molecule has 166 valence electrons. The van der Waals surface area contributed by atoms with Gasteiger partial charge in [0.05, 0.1) is 23.7 Å². The second-order valence-corrected chi connectivity index (χ2v) is 9.26. The minimum atomic E-state index is -0.0453. The fraction of sp³-hybridized carbons (Fsp3) is 0.320. The highest BCUT2D eigenvalue weighted by Gasteiger charge is 2.22. The van der Waals surface area contributed by atoms with Gasteiger partial charge < -0.3 is 10.2 Å². The number of thiazole rings is 1. The topological polar surface area (TPSA) is 65.5 Å². The summed E-state index contributed by atoms with van der Waals surface area (Å²) in [6, 6.07) is 15.9. The van der Waals surface area contributed by atoms with Crippen LogP contribution < -0.4 is 5.32 Å². The Kier molecular flexibility index (Phi) is 6.97. The van der Waals surface area contributed by atoms with Gasteiger partial charge in [0.15, 0.2) is 0 Å². The highest BCUT2D eigenvalue weighted by Crippen LogP contribution is 2.24. The molecule has 2 heterocycles. The zero-order valence-electron chi connectivity index (χ0n) is 18.5. The molecule has 6 nitrogen and oxygen atoms in total. The molecular weight excluding hydrogens is 420 g/mol. The molecule has 7 heteroatoms. The van der Waals surface area contributed by atoms with Crippen molar-refractivity contribution in [2.75, 3.05) is 38.0 Å². The second kappa shape index (κ2) is 10.1. The summed E-state index contributed by atoms with van der Waals surface area (Å²) in [6.45, 7) is 7.04. The van der Waals surface area contributed by atoms with E-state index in [9.17, 15) is 9.59 Å². The fourth-order valence-electron chi connectivity index (χ4n) is 3.80. The molecule has 2 aromatic carbocycles. The van der Waals surface area contributed by atoms with Crippen LogP contribution in [0.2, 0.25) is 0 Å². The number of aryl methyl sites for hydroxylation is 2. The molecule has 2 amide bonds. The van der Waals surface area contributed by atoms with Crippen molar-refractivity contribution in [2.45, 2.75) is 20.3 Å². The van der Waals surface area contributed by atoms with Gasteiger partial charge >= 0.3 is 0 Å². The summed E-state index contributed by atoms with van der Waals surface area (Å²) >= 11 is 1.61. The smallest absolute Gasteiger partial charge is 0.238 e. The summed E-state index contributed by atoms with van der Waals surface area (Å²) in [7, 11) is 0. The Balaban J connectivity index is 1.25. The first kappa shape index (κ1) is 22.2. The Morgan fingerprint density at radius 2 is 1.78 bits per heavy atom. The first-order valence-corrected chi connectivity index (χ1v) is 11.7. The average Bonchev–Trinajstić information content (AvgIpc) is 3.22. The second-order valence-electron chi connectivity index (χ2n) is 8.20. The lowest BCUT2D eigenvalue weighted by Crippen LogP contribution is -2.50. The molecule has 1 saturated heterocycles. The zero-order valence-corrected chi connectivity index (χ0v) is 19.3. The predicted molar refractivity (Wildman–Crippen MR) is 129 cm³/mol. The van der Waals surface area contributed by atoms with Crippen molar-refractivity contribution in [1.29, 1.82) is 0 Å². The van der Waals surface area contributed by atoms with E-state index >= 15 is 0 Å². The maximum absolute atomic E-state index is 12.6. The highest BCUT2D eigenvalue weighted by atomic mass is 32.1. The van der Waals surface area contributed by atoms with Crippen LogP contribution in [-0.2, 0) is 16.0 Å². The molecule has 0 radical (unpaired) electrons. The molecule has 1 fully saturated rings. The summed E-state index contributed by atoms with van der Waals surface area (Å²) in [5.41, 5.74) is 4.92. The van der Waals surface area contributed by atoms with Gasteiger partial charge in [0, 0.05) is 42.8 Å². The van der Waals surface area contributed by atoms with Gasteiger partial charge in [-0.3, -0.25) is 14.5 Å². The maximum Gasteiger partial charge on any atom is 0.238 e. The number of piperazine rings is 1. The van der Waals surface area contributed by atoms with Gasteiger partial charge in [-0.25, -0.2) is 4.98 Å². The molecule has 0 atom stereocenters.